The Bertz CT molecular complexity index is 1060. The average molecular weight is 424 g/mol. The number of halogens is 3. The third kappa shape index (κ3) is 5.13. The van der Waals surface area contributed by atoms with E-state index >= 15 is 0 Å². The second-order valence-corrected chi connectivity index (χ2v) is 6.82. The summed E-state index contributed by atoms with van der Waals surface area (Å²) in [6, 6.07) is 1.65. The van der Waals surface area contributed by atoms with Crippen molar-refractivity contribution in [1.82, 2.24) is 30.4 Å². The van der Waals surface area contributed by atoms with Gasteiger partial charge in [-0.15, -0.1) is 0 Å². The van der Waals surface area contributed by atoms with Crippen molar-refractivity contribution in [3.8, 4) is 0 Å². The highest BCUT2D eigenvalue weighted by Gasteiger charge is 2.37. The third-order valence-corrected chi connectivity index (χ3v) is 4.39. The fraction of sp³-hybridized carbons (Fsp3) is 0.389. The molecule has 0 aromatic carbocycles. The van der Waals surface area contributed by atoms with E-state index in [0.717, 1.165) is 6.92 Å². The summed E-state index contributed by atoms with van der Waals surface area (Å²) < 4.78 is 43.8. The monoisotopic (exact) mass is 424 g/mol. The van der Waals surface area contributed by atoms with Gasteiger partial charge in [-0.25, -0.2) is 9.50 Å². The van der Waals surface area contributed by atoms with Crippen molar-refractivity contribution in [2.75, 3.05) is 0 Å². The zero-order valence-electron chi connectivity index (χ0n) is 16.2. The first kappa shape index (κ1) is 21.3. The summed E-state index contributed by atoms with van der Waals surface area (Å²) >= 11 is 0. The van der Waals surface area contributed by atoms with E-state index in [0.29, 0.717) is 28.2 Å². The SMILES string of the molecule is Cc1nocc1C(=O)NCc1cn2ncc(CNC(=O)CC(C)C(F)(F)F)cc2n1. The minimum absolute atomic E-state index is 0.0264. The first-order valence-corrected chi connectivity index (χ1v) is 8.99. The zero-order valence-corrected chi connectivity index (χ0v) is 16.2. The molecule has 12 heteroatoms. The Balaban J connectivity index is 1.57. The predicted molar refractivity (Wildman–Crippen MR) is 97.1 cm³/mol. The minimum atomic E-state index is -4.41. The van der Waals surface area contributed by atoms with Crippen LogP contribution in [0, 0.1) is 12.8 Å². The van der Waals surface area contributed by atoms with Crippen LogP contribution < -0.4 is 10.6 Å². The average Bonchev–Trinajstić information content (AvgIpc) is 3.28. The maximum atomic E-state index is 12.5. The molecule has 0 aliphatic rings. The van der Waals surface area contributed by atoms with Crippen LogP contribution >= 0.6 is 0 Å². The quantitative estimate of drug-likeness (QED) is 0.601. The topological polar surface area (TPSA) is 114 Å². The number of nitrogens with one attached hydrogen (secondary N) is 2. The summed E-state index contributed by atoms with van der Waals surface area (Å²) in [6.45, 7) is 2.78. The Morgan fingerprint density at radius 1 is 1.27 bits per heavy atom. The molecular formula is C18H19F3N6O3. The number of rotatable bonds is 7. The molecule has 1 unspecified atom stereocenters. The van der Waals surface area contributed by atoms with Crippen LogP contribution in [0.15, 0.2) is 29.2 Å². The van der Waals surface area contributed by atoms with Crippen molar-refractivity contribution in [1.29, 1.82) is 0 Å². The van der Waals surface area contributed by atoms with Gasteiger partial charge in [0, 0.05) is 13.0 Å². The molecule has 2 N–H and O–H groups in total. The molecular weight excluding hydrogens is 405 g/mol. The number of aryl methyl sites for hydroxylation is 1. The summed E-state index contributed by atoms with van der Waals surface area (Å²) in [5.74, 6) is -2.77. The lowest BCUT2D eigenvalue weighted by molar-refractivity contribution is -0.174. The number of fused-ring (bicyclic) bond motifs is 1. The van der Waals surface area contributed by atoms with Crippen LogP contribution in [0.5, 0.6) is 0 Å². The lowest BCUT2D eigenvalue weighted by atomic mass is 10.1. The Morgan fingerprint density at radius 3 is 2.70 bits per heavy atom. The zero-order chi connectivity index (χ0) is 21.9. The third-order valence-electron chi connectivity index (χ3n) is 4.39. The molecule has 160 valence electrons. The molecule has 30 heavy (non-hydrogen) atoms. The number of aromatic nitrogens is 4. The first-order valence-electron chi connectivity index (χ1n) is 8.99. The fourth-order valence-electron chi connectivity index (χ4n) is 2.59. The summed E-state index contributed by atoms with van der Waals surface area (Å²) in [5.41, 5.74) is 2.40. The van der Waals surface area contributed by atoms with Gasteiger partial charge in [-0.1, -0.05) is 12.1 Å². The van der Waals surface area contributed by atoms with Crippen molar-refractivity contribution in [3.63, 3.8) is 0 Å². The highest BCUT2D eigenvalue weighted by atomic mass is 19.4. The van der Waals surface area contributed by atoms with Crippen LogP contribution in [-0.4, -0.2) is 37.7 Å². The lowest BCUT2D eigenvalue weighted by Crippen LogP contribution is -2.29. The van der Waals surface area contributed by atoms with Gasteiger partial charge < -0.3 is 15.2 Å². The smallest absolute Gasteiger partial charge is 0.364 e. The molecule has 0 bridgehead atoms. The number of imidazole rings is 1. The minimum Gasteiger partial charge on any atom is -0.364 e. The van der Waals surface area contributed by atoms with Gasteiger partial charge in [0.05, 0.1) is 36.2 Å². The molecule has 0 spiro atoms. The Labute approximate surface area is 168 Å². The van der Waals surface area contributed by atoms with Crippen molar-refractivity contribution < 1.29 is 27.3 Å². The van der Waals surface area contributed by atoms with Crippen molar-refractivity contribution in [2.45, 2.75) is 39.5 Å². The molecule has 0 aliphatic heterocycles. The van der Waals surface area contributed by atoms with E-state index in [2.05, 4.69) is 25.9 Å². The Hall–Kier alpha value is -3.44. The van der Waals surface area contributed by atoms with E-state index < -0.39 is 24.4 Å². The summed E-state index contributed by atoms with van der Waals surface area (Å²) in [7, 11) is 0. The van der Waals surface area contributed by atoms with Gasteiger partial charge in [0.1, 0.15) is 11.8 Å². The second-order valence-electron chi connectivity index (χ2n) is 6.82. The number of amides is 2. The molecule has 0 fully saturated rings. The lowest BCUT2D eigenvalue weighted by Gasteiger charge is -2.14. The maximum Gasteiger partial charge on any atom is 0.392 e. The van der Waals surface area contributed by atoms with E-state index in [9.17, 15) is 22.8 Å². The van der Waals surface area contributed by atoms with Gasteiger partial charge in [-0.05, 0) is 18.6 Å². The van der Waals surface area contributed by atoms with Gasteiger partial charge in [0.15, 0.2) is 5.65 Å². The van der Waals surface area contributed by atoms with E-state index in [-0.39, 0.29) is 19.0 Å². The van der Waals surface area contributed by atoms with Gasteiger partial charge in [-0.3, -0.25) is 9.59 Å². The fourth-order valence-corrected chi connectivity index (χ4v) is 2.59. The highest BCUT2D eigenvalue weighted by Crippen LogP contribution is 2.28. The van der Waals surface area contributed by atoms with Gasteiger partial charge >= 0.3 is 6.18 Å². The maximum absolute atomic E-state index is 12.5. The largest absolute Gasteiger partial charge is 0.392 e. The van der Waals surface area contributed by atoms with E-state index in [1.807, 2.05) is 0 Å². The first-order chi connectivity index (χ1) is 14.1. The van der Waals surface area contributed by atoms with Crippen LogP contribution in [0.2, 0.25) is 0 Å². The number of carbonyl (C=O) groups is 2. The Morgan fingerprint density at radius 2 is 2.03 bits per heavy atom. The second kappa shape index (κ2) is 8.51. The molecule has 0 aliphatic carbocycles. The molecule has 3 heterocycles. The van der Waals surface area contributed by atoms with Gasteiger partial charge in [0.25, 0.3) is 5.91 Å². The molecule has 3 rings (SSSR count). The molecule has 0 saturated carbocycles. The number of carbonyl (C=O) groups excluding carboxylic acids is 2. The summed E-state index contributed by atoms with van der Waals surface area (Å²) in [4.78, 5) is 28.1. The van der Waals surface area contributed by atoms with Crippen LogP contribution in [0.3, 0.4) is 0 Å². The number of hydrogen-bond donors (Lipinski definition) is 2. The van der Waals surface area contributed by atoms with E-state index in [1.54, 1.807) is 19.2 Å². The standard InChI is InChI=1S/C18H19F3N6O3/c1-10(18(19,20)21)3-16(28)22-5-12-4-15-25-13(8-27(15)24-6-12)7-23-17(29)14-9-30-26-11(14)2/h4,6,8-10H,3,5,7H2,1-2H3,(H,22,28)(H,23,29). The van der Waals surface area contributed by atoms with Gasteiger partial charge in [-0.2, -0.15) is 18.3 Å². The summed E-state index contributed by atoms with van der Waals surface area (Å²) in [6.07, 6.45) is -0.690. The number of nitrogens with zero attached hydrogens (tertiary/aromatic N) is 4. The predicted octanol–water partition coefficient (Wildman–Crippen LogP) is 2.16. The van der Waals surface area contributed by atoms with Gasteiger partial charge in [0.2, 0.25) is 5.91 Å². The molecule has 1 atom stereocenters. The van der Waals surface area contributed by atoms with Crippen molar-refractivity contribution >= 4 is 17.5 Å². The number of alkyl halides is 3. The van der Waals surface area contributed by atoms with Crippen LogP contribution in [0.25, 0.3) is 5.65 Å². The van der Waals surface area contributed by atoms with Crippen molar-refractivity contribution in [3.05, 3.63) is 47.2 Å². The highest BCUT2D eigenvalue weighted by molar-refractivity contribution is 5.94. The molecule has 9 nitrogen and oxygen atoms in total. The number of hydrogen-bond acceptors (Lipinski definition) is 6. The van der Waals surface area contributed by atoms with E-state index in [1.165, 1.54) is 17.0 Å². The van der Waals surface area contributed by atoms with E-state index in [4.69, 9.17) is 4.52 Å². The molecule has 0 radical (unpaired) electrons. The molecule has 3 aromatic rings. The van der Waals surface area contributed by atoms with Crippen LogP contribution in [0.4, 0.5) is 13.2 Å². The van der Waals surface area contributed by atoms with Crippen molar-refractivity contribution in [2.24, 2.45) is 5.92 Å². The molecule has 0 saturated heterocycles. The van der Waals surface area contributed by atoms with Crippen LogP contribution in [-0.2, 0) is 17.9 Å². The summed E-state index contributed by atoms with van der Waals surface area (Å²) in [5, 5.41) is 12.9. The molecule has 2 amide bonds. The Kier molecular flexibility index (Phi) is 6.04. The normalized spacial score (nSPS) is 12.7. The molecule has 3 aromatic heterocycles. The van der Waals surface area contributed by atoms with Crippen LogP contribution in [0.1, 0.15) is 40.7 Å².